The molecule has 1 fully saturated rings. The second-order valence-corrected chi connectivity index (χ2v) is 10.4. The number of carbonyl (C=O) groups excluding carboxylic acids is 2. The first kappa shape index (κ1) is 26.2. The molecule has 6 heteroatoms. The van der Waals surface area contributed by atoms with Gasteiger partial charge in [-0.15, -0.1) is 0 Å². The van der Waals surface area contributed by atoms with Crippen LogP contribution in [0.15, 0.2) is 30.3 Å². The maximum Gasteiger partial charge on any atom is 0.407 e. The number of nitrogens with one attached hydrogen (secondary N) is 2. The number of ether oxygens (including phenoxy) is 1. The Labute approximate surface area is 194 Å². The summed E-state index contributed by atoms with van der Waals surface area (Å²) in [7, 11) is 0. The molecule has 1 aromatic rings. The first-order valence-electron chi connectivity index (χ1n) is 12.2. The van der Waals surface area contributed by atoms with Crippen LogP contribution in [0.3, 0.4) is 0 Å². The van der Waals surface area contributed by atoms with Crippen molar-refractivity contribution in [3.8, 4) is 0 Å². The highest BCUT2D eigenvalue weighted by Gasteiger charge is 2.32. The van der Waals surface area contributed by atoms with Crippen LogP contribution >= 0.6 is 0 Å². The van der Waals surface area contributed by atoms with Crippen molar-refractivity contribution in [3.63, 3.8) is 0 Å². The van der Waals surface area contributed by atoms with E-state index in [1.807, 2.05) is 26.8 Å². The average molecular weight is 446 g/mol. The van der Waals surface area contributed by atoms with Gasteiger partial charge in [-0.2, -0.15) is 0 Å². The van der Waals surface area contributed by atoms with E-state index >= 15 is 0 Å². The number of benzene rings is 1. The minimum absolute atomic E-state index is 0.0378. The lowest BCUT2D eigenvalue weighted by Gasteiger charge is -2.30. The largest absolute Gasteiger partial charge is 0.444 e. The maximum atomic E-state index is 12.8. The molecule has 2 amide bonds. The van der Waals surface area contributed by atoms with E-state index in [1.54, 1.807) is 0 Å². The van der Waals surface area contributed by atoms with Crippen LogP contribution < -0.4 is 10.6 Å². The van der Waals surface area contributed by atoms with Crippen LogP contribution in [0.2, 0.25) is 0 Å². The predicted molar refractivity (Wildman–Crippen MR) is 130 cm³/mol. The molecule has 2 rings (SSSR count). The Morgan fingerprint density at radius 3 is 2.53 bits per heavy atom. The van der Waals surface area contributed by atoms with Gasteiger partial charge in [0.2, 0.25) is 5.91 Å². The lowest BCUT2D eigenvalue weighted by Crippen LogP contribution is -2.50. The van der Waals surface area contributed by atoms with E-state index < -0.39 is 5.60 Å². The maximum absolute atomic E-state index is 12.8. The molecule has 0 aliphatic carbocycles. The number of amides is 2. The fourth-order valence-electron chi connectivity index (χ4n) is 4.28. The second kappa shape index (κ2) is 12.8. The van der Waals surface area contributed by atoms with Gasteiger partial charge in [-0.05, 0) is 77.3 Å². The van der Waals surface area contributed by atoms with Gasteiger partial charge in [0.1, 0.15) is 5.60 Å². The summed E-state index contributed by atoms with van der Waals surface area (Å²) in [4.78, 5) is 27.4. The zero-order chi connectivity index (χ0) is 23.6. The fourth-order valence-corrected chi connectivity index (χ4v) is 4.28. The fraction of sp³-hybridized carbons (Fsp3) is 0.692. The molecule has 0 radical (unpaired) electrons. The molecular weight excluding hydrogens is 402 g/mol. The lowest BCUT2D eigenvalue weighted by atomic mass is 10.0. The van der Waals surface area contributed by atoms with Crippen LogP contribution in [0.5, 0.6) is 0 Å². The van der Waals surface area contributed by atoms with Gasteiger partial charge in [-0.1, -0.05) is 44.2 Å². The summed E-state index contributed by atoms with van der Waals surface area (Å²) in [5, 5.41) is 6.17. The van der Waals surface area contributed by atoms with Gasteiger partial charge in [-0.3, -0.25) is 9.69 Å². The van der Waals surface area contributed by atoms with Gasteiger partial charge < -0.3 is 15.4 Å². The number of nitrogens with zero attached hydrogens (tertiary/aromatic N) is 1. The van der Waals surface area contributed by atoms with Gasteiger partial charge in [-0.25, -0.2) is 4.79 Å². The van der Waals surface area contributed by atoms with Crippen molar-refractivity contribution in [2.24, 2.45) is 5.92 Å². The van der Waals surface area contributed by atoms with E-state index in [-0.39, 0.29) is 24.1 Å². The first-order chi connectivity index (χ1) is 15.1. The van der Waals surface area contributed by atoms with Gasteiger partial charge in [0.15, 0.2) is 0 Å². The Hall–Kier alpha value is -2.08. The summed E-state index contributed by atoms with van der Waals surface area (Å²) in [6.45, 7) is 12.2. The monoisotopic (exact) mass is 445 g/mol. The van der Waals surface area contributed by atoms with E-state index in [1.165, 1.54) is 5.56 Å². The molecule has 1 aromatic carbocycles. The third kappa shape index (κ3) is 10.0. The van der Waals surface area contributed by atoms with Crippen molar-refractivity contribution in [1.29, 1.82) is 0 Å². The summed E-state index contributed by atoms with van der Waals surface area (Å²) in [6, 6.07) is 10.3. The molecule has 0 spiro atoms. The van der Waals surface area contributed by atoms with Crippen LogP contribution in [-0.4, -0.2) is 54.2 Å². The van der Waals surface area contributed by atoms with Crippen LogP contribution in [0.25, 0.3) is 0 Å². The van der Waals surface area contributed by atoms with Gasteiger partial charge in [0, 0.05) is 19.1 Å². The van der Waals surface area contributed by atoms with Gasteiger partial charge in [0.05, 0.1) is 6.04 Å². The summed E-state index contributed by atoms with van der Waals surface area (Å²) < 4.78 is 5.45. The molecule has 1 aliphatic rings. The highest BCUT2D eigenvalue weighted by Crippen LogP contribution is 2.20. The van der Waals surface area contributed by atoms with E-state index in [2.05, 4.69) is 53.6 Å². The number of likely N-dealkylation sites (tertiary alicyclic amines) is 1. The molecule has 2 atom stereocenters. The Morgan fingerprint density at radius 1 is 1.16 bits per heavy atom. The topological polar surface area (TPSA) is 70.7 Å². The first-order valence-corrected chi connectivity index (χ1v) is 12.2. The Bertz CT molecular complexity index is 700. The minimum Gasteiger partial charge on any atom is -0.444 e. The number of carbonyl (C=O) groups is 2. The summed E-state index contributed by atoms with van der Waals surface area (Å²) >= 11 is 0. The van der Waals surface area contributed by atoms with Gasteiger partial charge in [0.25, 0.3) is 0 Å². The predicted octanol–water partition coefficient (Wildman–Crippen LogP) is 4.53. The quantitative estimate of drug-likeness (QED) is 0.491. The van der Waals surface area contributed by atoms with Crippen LogP contribution in [0.1, 0.15) is 72.3 Å². The highest BCUT2D eigenvalue weighted by atomic mass is 16.6. The molecule has 180 valence electrons. The van der Waals surface area contributed by atoms with Crippen LogP contribution in [0.4, 0.5) is 4.79 Å². The smallest absolute Gasteiger partial charge is 0.407 e. The molecule has 1 aliphatic heterocycles. The number of rotatable bonds is 11. The average Bonchev–Trinajstić information content (AvgIpc) is 3.14. The van der Waals surface area contributed by atoms with E-state index in [4.69, 9.17) is 4.74 Å². The van der Waals surface area contributed by atoms with E-state index in [0.717, 1.165) is 45.1 Å². The third-order valence-corrected chi connectivity index (χ3v) is 5.63. The van der Waals surface area contributed by atoms with E-state index in [9.17, 15) is 9.59 Å². The lowest BCUT2D eigenvalue weighted by molar-refractivity contribution is -0.125. The number of hydrogen-bond donors (Lipinski definition) is 2. The number of alkyl carbamates (subject to hydrolysis) is 1. The molecule has 1 saturated heterocycles. The third-order valence-electron chi connectivity index (χ3n) is 5.63. The standard InChI is InChI=1S/C26H43N3O3/c1-20(2)18-22(28-25(31)32-26(3,4)5)19-29-17-11-15-23(29)24(30)27-16-10-9-14-21-12-7-6-8-13-21/h6-8,12-13,20,22-23H,9-11,14-19H2,1-5H3,(H,27,30)(H,28,31)/t22-,23-/m0/s1. The second-order valence-electron chi connectivity index (χ2n) is 10.4. The van der Waals surface area contributed by atoms with Crippen molar-refractivity contribution in [2.45, 2.75) is 90.8 Å². The normalized spacial score (nSPS) is 17.9. The Morgan fingerprint density at radius 2 is 1.88 bits per heavy atom. The highest BCUT2D eigenvalue weighted by molar-refractivity contribution is 5.82. The molecule has 2 N–H and O–H groups in total. The molecule has 32 heavy (non-hydrogen) atoms. The number of aryl methyl sites for hydroxylation is 1. The zero-order valence-corrected chi connectivity index (χ0v) is 20.7. The van der Waals surface area contributed by atoms with Gasteiger partial charge >= 0.3 is 6.09 Å². The Balaban J connectivity index is 1.79. The molecule has 0 unspecified atom stereocenters. The summed E-state index contributed by atoms with van der Waals surface area (Å²) in [6.07, 6.45) is 5.42. The van der Waals surface area contributed by atoms with Crippen molar-refractivity contribution in [3.05, 3.63) is 35.9 Å². The van der Waals surface area contributed by atoms with Crippen molar-refractivity contribution in [1.82, 2.24) is 15.5 Å². The molecule has 0 saturated carbocycles. The van der Waals surface area contributed by atoms with Crippen molar-refractivity contribution >= 4 is 12.0 Å². The molecule has 1 heterocycles. The SMILES string of the molecule is CC(C)C[C@@H](CN1CCC[C@H]1C(=O)NCCCCc1ccccc1)NC(=O)OC(C)(C)C. The van der Waals surface area contributed by atoms with E-state index in [0.29, 0.717) is 19.0 Å². The van der Waals surface area contributed by atoms with Crippen molar-refractivity contribution < 1.29 is 14.3 Å². The Kier molecular flexibility index (Phi) is 10.5. The number of unbranched alkanes of at least 4 members (excludes halogenated alkanes) is 1. The van der Waals surface area contributed by atoms with Crippen molar-refractivity contribution in [2.75, 3.05) is 19.6 Å². The summed E-state index contributed by atoms with van der Waals surface area (Å²) in [5.74, 6) is 0.553. The zero-order valence-electron chi connectivity index (χ0n) is 20.7. The van der Waals surface area contributed by atoms with Crippen LogP contribution in [-0.2, 0) is 16.0 Å². The van der Waals surface area contributed by atoms with Crippen LogP contribution in [0, 0.1) is 5.92 Å². The number of hydrogen-bond acceptors (Lipinski definition) is 4. The molecule has 6 nitrogen and oxygen atoms in total. The molecule has 0 aromatic heterocycles. The summed E-state index contributed by atoms with van der Waals surface area (Å²) in [5.41, 5.74) is 0.817. The molecule has 0 bridgehead atoms. The molecular formula is C26H43N3O3. The minimum atomic E-state index is -0.525.